The van der Waals surface area contributed by atoms with Crippen LogP contribution in [0.3, 0.4) is 0 Å². The van der Waals surface area contributed by atoms with Crippen LogP contribution in [0.1, 0.15) is 37.8 Å². The Morgan fingerprint density at radius 1 is 1.17 bits per heavy atom. The van der Waals surface area contributed by atoms with Crippen LogP contribution >= 0.6 is 0 Å². The summed E-state index contributed by atoms with van der Waals surface area (Å²) < 4.78 is 20.5. The van der Waals surface area contributed by atoms with Gasteiger partial charge in [0.25, 0.3) is 0 Å². The van der Waals surface area contributed by atoms with Crippen molar-refractivity contribution >= 4 is 45.8 Å². The number of aromatic nitrogens is 1. The number of fused-ring (bicyclic) bond motifs is 2. The Morgan fingerprint density at radius 3 is 2.58 bits per heavy atom. The number of hydrogen-bond acceptors (Lipinski definition) is 8. The number of anilines is 3. The number of pyridine rings is 1. The maximum absolute atomic E-state index is 11.8. The molecule has 7 rings (SSSR count). The second kappa shape index (κ2) is 9.48. The summed E-state index contributed by atoms with van der Waals surface area (Å²) in [5.41, 5.74) is 4.48. The first-order valence-corrected chi connectivity index (χ1v) is 14.2. The van der Waals surface area contributed by atoms with Crippen LogP contribution in [0.15, 0.2) is 46.5 Å². The molecule has 1 aliphatic carbocycles. The largest absolute Gasteiger partial charge is 0.371 e. The highest BCUT2D eigenvalue weighted by atomic mass is 32.2. The van der Waals surface area contributed by atoms with E-state index in [9.17, 15) is 4.21 Å². The molecule has 10 heteroatoms. The van der Waals surface area contributed by atoms with E-state index in [1.165, 1.54) is 25.7 Å². The Balaban J connectivity index is 1.24. The van der Waals surface area contributed by atoms with Crippen molar-refractivity contribution in [3.8, 4) is 0 Å². The fraction of sp³-hybridized carbons (Fsp3) is 0.500. The highest BCUT2D eigenvalue weighted by Gasteiger charge is 2.44. The summed E-state index contributed by atoms with van der Waals surface area (Å²) in [7, 11) is -1.14. The zero-order chi connectivity index (χ0) is 24.7. The highest BCUT2D eigenvalue weighted by molar-refractivity contribution is 7.85. The Bertz CT molecular complexity index is 1200. The molecule has 5 heterocycles. The molecule has 4 saturated heterocycles. The normalized spacial score (nSPS) is 25.6. The van der Waals surface area contributed by atoms with E-state index in [4.69, 9.17) is 20.6 Å². The molecule has 190 valence electrons. The molecule has 36 heavy (non-hydrogen) atoms. The monoisotopic (exact) mass is 507 g/mol. The summed E-state index contributed by atoms with van der Waals surface area (Å²) in [6.45, 7) is 3.73. The van der Waals surface area contributed by atoms with Gasteiger partial charge in [-0.15, -0.1) is 0 Å². The average molecular weight is 508 g/mol. The quantitative estimate of drug-likeness (QED) is 0.338. The van der Waals surface area contributed by atoms with Crippen molar-refractivity contribution in [2.75, 3.05) is 47.0 Å². The second-order valence-corrected chi connectivity index (χ2v) is 11.5. The number of benzene rings is 1. The smallest absolute Gasteiger partial charge is 0.129 e. The third-order valence-corrected chi connectivity index (χ3v) is 8.43. The minimum Gasteiger partial charge on any atom is -0.371 e. The molecule has 5 aliphatic rings. The lowest BCUT2D eigenvalue weighted by atomic mass is 9.93. The number of nitrogens with zero attached hydrogens (tertiary/aromatic N) is 5. The molecule has 0 amide bonds. The predicted molar refractivity (Wildman–Crippen MR) is 146 cm³/mol. The van der Waals surface area contributed by atoms with E-state index in [0.29, 0.717) is 29.0 Å². The van der Waals surface area contributed by atoms with Gasteiger partial charge in [0.1, 0.15) is 22.5 Å². The lowest BCUT2D eigenvalue weighted by Gasteiger charge is -2.47. The Hall–Kier alpha value is -2.98. The molecule has 2 aromatic rings. The molecular formula is C26H33N7O2S. The lowest BCUT2D eigenvalue weighted by molar-refractivity contribution is -0.133. The zero-order valence-corrected chi connectivity index (χ0v) is 21.4. The van der Waals surface area contributed by atoms with Gasteiger partial charge < -0.3 is 25.1 Å². The van der Waals surface area contributed by atoms with Crippen molar-refractivity contribution in [3.63, 3.8) is 0 Å². The Morgan fingerprint density at radius 2 is 1.92 bits per heavy atom. The van der Waals surface area contributed by atoms with Gasteiger partial charge in [-0.2, -0.15) is 5.10 Å². The summed E-state index contributed by atoms with van der Waals surface area (Å²) in [6.07, 6.45) is 10.2. The third kappa shape index (κ3) is 4.84. The second-order valence-electron chi connectivity index (χ2n) is 10.4. The molecule has 1 spiro atoms. The Labute approximate surface area is 214 Å². The van der Waals surface area contributed by atoms with Crippen molar-refractivity contribution in [1.82, 2.24) is 4.98 Å². The number of ether oxygens (including phenoxy) is 1. The number of piperidine rings is 2. The number of hydrazone groups is 1. The van der Waals surface area contributed by atoms with Gasteiger partial charge in [-0.3, -0.25) is 4.99 Å². The molecule has 4 aliphatic heterocycles. The molecule has 5 fully saturated rings. The van der Waals surface area contributed by atoms with Gasteiger partial charge in [-0.05, 0) is 61.4 Å². The van der Waals surface area contributed by atoms with Crippen molar-refractivity contribution in [2.45, 2.75) is 44.3 Å². The summed E-state index contributed by atoms with van der Waals surface area (Å²) in [5.74, 6) is 6.70. The van der Waals surface area contributed by atoms with E-state index in [1.807, 2.05) is 36.4 Å². The van der Waals surface area contributed by atoms with Crippen molar-refractivity contribution in [1.29, 1.82) is 0 Å². The number of nitrogens with one attached hydrogen (secondary N) is 1. The molecule has 1 saturated carbocycles. The van der Waals surface area contributed by atoms with E-state index in [1.54, 1.807) is 12.5 Å². The summed E-state index contributed by atoms with van der Waals surface area (Å²) >= 11 is 0. The first-order valence-electron chi connectivity index (χ1n) is 12.7. The van der Waals surface area contributed by atoms with Crippen LogP contribution in [-0.2, 0) is 15.7 Å². The van der Waals surface area contributed by atoms with Gasteiger partial charge in [0, 0.05) is 44.5 Å². The fourth-order valence-electron chi connectivity index (χ4n) is 5.60. The molecule has 9 nitrogen and oxygen atoms in total. The van der Waals surface area contributed by atoms with Crippen molar-refractivity contribution in [3.05, 3.63) is 42.1 Å². The molecule has 3 unspecified atom stereocenters. The first kappa shape index (κ1) is 23.4. The van der Waals surface area contributed by atoms with E-state index in [-0.39, 0.29) is 0 Å². The van der Waals surface area contributed by atoms with Crippen LogP contribution in [0.5, 0.6) is 0 Å². The number of aliphatic imine (C=N–C) groups is 1. The van der Waals surface area contributed by atoms with Crippen LogP contribution in [0, 0.1) is 5.41 Å². The molecule has 0 radical (unpaired) electrons. The van der Waals surface area contributed by atoms with Gasteiger partial charge in [-0.1, -0.05) is 6.07 Å². The number of nitrogens with two attached hydrogens (primary N) is 1. The topological polar surface area (TPSA) is 108 Å². The zero-order valence-electron chi connectivity index (χ0n) is 20.6. The summed E-state index contributed by atoms with van der Waals surface area (Å²) in [5, 5.41) is 4.01. The minimum absolute atomic E-state index is 0.309. The van der Waals surface area contributed by atoms with Crippen LogP contribution in [-0.4, -0.2) is 65.8 Å². The number of hydrogen-bond donors (Lipinski definition) is 2. The van der Waals surface area contributed by atoms with E-state index < -0.39 is 11.0 Å². The van der Waals surface area contributed by atoms with Gasteiger partial charge in [0.2, 0.25) is 0 Å². The number of rotatable bonds is 7. The van der Waals surface area contributed by atoms with E-state index in [0.717, 1.165) is 55.5 Å². The van der Waals surface area contributed by atoms with Crippen LogP contribution in [0.4, 0.5) is 22.9 Å². The van der Waals surface area contributed by atoms with Crippen LogP contribution < -0.4 is 20.4 Å². The fourth-order valence-corrected chi connectivity index (χ4v) is 6.05. The van der Waals surface area contributed by atoms with Gasteiger partial charge in [0.15, 0.2) is 0 Å². The molecule has 1 aromatic carbocycles. The predicted octanol–water partition coefficient (Wildman–Crippen LogP) is 3.21. The van der Waals surface area contributed by atoms with E-state index in [2.05, 4.69) is 19.6 Å². The molecule has 1 aromatic heterocycles. The standard InChI is InChI=1S/C26H33N7O2S/c1-36(34)31-18-5-6-22(24(13-18)32-11-9-26(7-8-26)10-12-32)28-15-23(30-27)21-3-2-4-25(29-21)33-16-19-14-20(17-33)35-19/h2-6,13,15,19-20,31H,7-12,14,16-17,27H2,1H3/b28-15?,30-23+. The van der Waals surface area contributed by atoms with Crippen LogP contribution in [0.2, 0.25) is 0 Å². The SMILES string of the molecule is CS(=O)Nc1ccc(N=C/C(=N\N)c2cccc(N3CC4CC(C3)O4)n2)c(N2CCC3(CC2)CC3)c1. The molecule has 3 N–H and O–H groups in total. The van der Waals surface area contributed by atoms with Gasteiger partial charge in [0.05, 0.1) is 35.5 Å². The van der Waals surface area contributed by atoms with Gasteiger partial charge in [-0.25, -0.2) is 9.19 Å². The van der Waals surface area contributed by atoms with E-state index >= 15 is 0 Å². The minimum atomic E-state index is -1.14. The summed E-state index contributed by atoms with van der Waals surface area (Å²) in [6, 6.07) is 11.8. The maximum atomic E-state index is 11.8. The molecule has 3 atom stereocenters. The average Bonchev–Trinajstić information content (AvgIpc) is 3.63. The van der Waals surface area contributed by atoms with Crippen molar-refractivity contribution in [2.24, 2.45) is 21.4 Å². The lowest BCUT2D eigenvalue weighted by Crippen LogP contribution is -2.57. The van der Waals surface area contributed by atoms with Crippen molar-refractivity contribution < 1.29 is 8.95 Å². The summed E-state index contributed by atoms with van der Waals surface area (Å²) in [4.78, 5) is 14.3. The molecule has 2 bridgehead atoms. The molecular weight excluding hydrogens is 474 g/mol. The maximum Gasteiger partial charge on any atom is 0.129 e. The highest BCUT2D eigenvalue weighted by Crippen LogP contribution is 2.54. The third-order valence-electron chi connectivity index (χ3n) is 7.90. The van der Waals surface area contributed by atoms with Crippen LogP contribution in [0.25, 0.3) is 0 Å². The number of morpholine rings is 1. The Kier molecular flexibility index (Phi) is 6.17. The first-order chi connectivity index (χ1) is 17.5. The van der Waals surface area contributed by atoms with Gasteiger partial charge >= 0.3 is 0 Å².